The van der Waals surface area contributed by atoms with Gasteiger partial charge < -0.3 is 9.40 Å². The average Bonchev–Trinajstić information content (AvgIpc) is 3.06. The predicted octanol–water partition coefficient (Wildman–Crippen LogP) is 5.93. The van der Waals surface area contributed by atoms with Crippen molar-refractivity contribution < 1.29 is 4.42 Å². The van der Waals surface area contributed by atoms with Gasteiger partial charge in [0.05, 0.1) is 5.52 Å². The Hall–Kier alpha value is -3.55. The normalized spacial score (nSPS) is 11.3. The number of rotatable bonds is 1. The molecule has 0 amide bonds. The lowest BCUT2D eigenvalue weighted by Gasteiger charge is -2.09. The topological polar surface area (TPSA) is 69.8 Å². The largest absolute Gasteiger partial charge is 0.419 e. The quantitative estimate of drug-likeness (QED) is 0.364. The number of halogens is 1. The SMILES string of the molecule is Cc1ccc2[nH]c3c(ccc4c(-c5ccc(Cl)cc5)c(C#N)c(=O)oc43)c2c1. The van der Waals surface area contributed by atoms with Crippen molar-refractivity contribution in [2.75, 3.05) is 0 Å². The van der Waals surface area contributed by atoms with E-state index < -0.39 is 5.63 Å². The van der Waals surface area contributed by atoms with Crippen molar-refractivity contribution in [1.82, 2.24) is 4.98 Å². The second-order valence-electron chi connectivity index (χ2n) is 6.80. The second kappa shape index (κ2) is 5.98. The van der Waals surface area contributed by atoms with Crippen LogP contribution in [0.1, 0.15) is 11.1 Å². The molecule has 1 N–H and O–H groups in total. The van der Waals surface area contributed by atoms with E-state index in [-0.39, 0.29) is 5.56 Å². The first-order chi connectivity index (χ1) is 13.6. The number of aryl methyl sites for hydroxylation is 1. The molecule has 0 aliphatic heterocycles. The van der Waals surface area contributed by atoms with E-state index >= 15 is 0 Å². The van der Waals surface area contributed by atoms with Crippen molar-refractivity contribution in [3.05, 3.63) is 81.2 Å². The summed E-state index contributed by atoms with van der Waals surface area (Å²) >= 11 is 6.01. The number of H-pyrrole nitrogens is 1. The Labute approximate surface area is 164 Å². The van der Waals surface area contributed by atoms with E-state index in [4.69, 9.17) is 16.0 Å². The third-order valence-corrected chi connectivity index (χ3v) is 5.30. The first-order valence-electron chi connectivity index (χ1n) is 8.75. The van der Waals surface area contributed by atoms with Crippen LogP contribution in [0.4, 0.5) is 0 Å². The van der Waals surface area contributed by atoms with Crippen LogP contribution in [0.5, 0.6) is 0 Å². The monoisotopic (exact) mass is 384 g/mol. The Bertz CT molecular complexity index is 1500. The fourth-order valence-corrected chi connectivity index (χ4v) is 3.88. The van der Waals surface area contributed by atoms with Gasteiger partial charge in [0.15, 0.2) is 5.58 Å². The predicted molar refractivity (Wildman–Crippen MR) is 112 cm³/mol. The second-order valence-corrected chi connectivity index (χ2v) is 7.23. The van der Waals surface area contributed by atoms with E-state index in [1.165, 1.54) is 0 Å². The molecule has 0 fully saturated rings. The molecule has 0 atom stereocenters. The Morgan fingerprint density at radius 1 is 1.00 bits per heavy atom. The molecule has 0 spiro atoms. The molecule has 3 aromatic carbocycles. The molecule has 5 rings (SSSR count). The van der Waals surface area contributed by atoms with Crippen LogP contribution >= 0.6 is 11.6 Å². The van der Waals surface area contributed by atoms with Crippen LogP contribution in [0.3, 0.4) is 0 Å². The number of benzene rings is 3. The standard InChI is InChI=1S/C23H13ClN2O2/c1-12-2-9-19-17(10-12)15-7-8-16-20(13-3-5-14(24)6-4-13)18(11-25)23(27)28-22(16)21(15)26-19/h2-10,26H,1H3. The third-order valence-electron chi connectivity index (χ3n) is 5.05. The van der Waals surface area contributed by atoms with Gasteiger partial charge in [0.2, 0.25) is 0 Å². The highest BCUT2D eigenvalue weighted by Gasteiger charge is 2.19. The zero-order valence-corrected chi connectivity index (χ0v) is 15.6. The number of fused-ring (bicyclic) bond motifs is 5. The highest BCUT2D eigenvalue weighted by molar-refractivity contribution is 6.30. The van der Waals surface area contributed by atoms with Gasteiger partial charge in [-0.3, -0.25) is 0 Å². The van der Waals surface area contributed by atoms with Gasteiger partial charge in [-0.05, 0) is 42.8 Å². The molecule has 0 saturated carbocycles. The molecule has 5 aromatic rings. The van der Waals surface area contributed by atoms with Gasteiger partial charge in [-0.15, -0.1) is 0 Å². The fraction of sp³-hybridized carbons (Fsp3) is 0.0435. The summed E-state index contributed by atoms with van der Waals surface area (Å²) in [6.45, 7) is 2.04. The van der Waals surface area contributed by atoms with Gasteiger partial charge in [-0.1, -0.05) is 41.4 Å². The minimum Gasteiger partial charge on any atom is -0.419 e. The number of nitriles is 1. The van der Waals surface area contributed by atoms with Crippen molar-refractivity contribution >= 4 is 44.4 Å². The van der Waals surface area contributed by atoms with Crippen molar-refractivity contribution in [2.45, 2.75) is 6.92 Å². The number of aromatic amines is 1. The van der Waals surface area contributed by atoms with Crippen LogP contribution in [0.15, 0.2) is 63.8 Å². The summed E-state index contributed by atoms with van der Waals surface area (Å²) in [4.78, 5) is 16.0. The maximum Gasteiger partial charge on any atom is 0.355 e. The van der Waals surface area contributed by atoms with E-state index in [0.717, 1.165) is 32.9 Å². The molecule has 2 aromatic heterocycles. The molecule has 28 heavy (non-hydrogen) atoms. The van der Waals surface area contributed by atoms with E-state index in [1.807, 2.05) is 37.3 Å². The van der Waals surface area contributed by atoms with E-state index in [0.29, 0.717) is 21.6 Å². The van der Waals surface area contributed by atoms with Crippen molar-refractivity contribution in [3.8, 4) is 17.2 Å². The molecule has 0 unspecified atom stereocenters. The minimum absolute atomic E-state index is 0.0128. The first-order valence-corrected chi connectivity index (χ1v) is 9.12. The average molecular weight is 385 g/mol. The summed E-state index contributed by atoms with van der Waals surface area (Å²) in [5.74, 6) is 0. The van der Waals surface area contributed by atoms with Gasteiger partial charge >= 0.3 is 5.63 Å². The van der Waals surface area contributed by atoms with Crippen LogP contribution in [0.25, 0.3) is 43.9 Å². The molecule has 0 radical (unpaired) electrons. The molecule has 0 saturated heterocycles. The number of hydrogen-bond acceptors (Lipinski definition) is 3. The summed E-state index contributed by atoms with van der Waals surface area (Å²) in [6.07, 6.45) is 0. The van der Waals surface area contributed by atoms with Crippen molar-refractivity contribution in [2.24, 2.45) is 0 Å². The van der Waals surface area contributed by atoms with Crippen LogP contribution in [0, 0.1) is 18.3 Å². The molecule has 2 heterocycles. The Kier molecular flexibility index (Phi) is 3.55. The minimum atomic E-state index is -0.651. The fourth-order valence-electron chi connectivity index (χ4n) is 3.76. The summed E-state index contributed by atoms with van der Waals surface area (Å²) in [5, 5.41) is 12.9. The summed E-state index contributed by atoms with van der Waals surface area (Å²) in [6, 6.07) is 19.1. The smallest absolute Gasteiger partial charge is 0.355 e. The van der Waals surface area contributed by atoms with Crippen LogP contribution in [-0.2, 0) is 0 Å². The highest BCUT2D eigenvalue weighted by Crippen LogP contribution is 2.36. The van der Waals surface area contributed by atoms with Gasteiger partial charge in [-0.25, -0.2) is 4.79 Å². The van der Waals surface area contributed by atoms with Crippen LogP contribution in [-0.4, -0.2) is 4.98 Å². The van der Waals surface area contributed by atoms with Crippen molar-refractivity contribution in [1.29, 1.82) is 5.26 Å². The number of hydrogen-bond donors (Lipinski definition) is 1. The first kappa shape index (κ1) is 16.6. The maximum atomic E-state index is 12.6. The van der Waals surface area contributed by atoms with E-state index in [9.17, 15) is 10.1 Å². The molecule has 0 aliphatic carbocycles. The van der Waals surface area contributed by atoms with Gasteiger partial charge in [0.1, 0.15) is 11.6 Å². The molecule has 0 aliphatic rings. The summed E-state index contributed by atoms with van der Waals surface area (Å²) < 4.78 is 5.61. The maximum absolute atomic E-state index is 12.6. The molecule has 134 valence electrons. The number of aromatic nitrogens is 1. The van der Waals surface area contributed by atoms with E-state index in [1.54, 1.807) is 24.3 Å². The molecule has 0 bridgehead atoms. The summed E-state index contributed by atoms with van der Waals surface area (Å²) in [5.41, 5.74) is 3.94. The Morgan fingerprint density at radius 2 is 1.75 bits per heavy atom. The number of nitrogens with one attached hydrogen (secondary N) is 1. The van der Waals surface area contributed by atoms with Crippen LogP contribution in [0.2, 0.25) is 5.02 Å². The third kappa shape index (κ3) is 2.34. The zero-order valence-electron chi connectivity index (χ0n) is 14.8. The number of nitrogens with zero attached hydrogens (tertiary/aromatic N) is 1. The molecular weight excluding hydrogens is 372 g/mol. The molecule has 4 nitrogen and oxygen atoms in total. The lowest BCUT2D eigenvalue weighted by Crippen LogP contribution is -2.07. The lowest BCUT2D eigenvalue weighted by atomic mass is 9.96. The Balaban J connectivity index is 1.97. The molecule has 5 heteroatoms. The highest BCUT2D eigenvalue weighted by atomic mass is 35.5. The van der Waals surface area contributed by atoms with E-state index in [2.05, 4.69) is 11.1 Å². The van der Waals surface area contributed by atoms with Crippen LogP contribution < -0.4 is 5.63 Å². The van der Waals surface area contributed by atoms with Gasteiger partial charge in [-0.2, -0.15) is 5.26 Å². The summed E-state index contributed by atoms with van der Waals surface area (Å²) in [7, 11) is 0. The Morgan fingerprint density at radius 3 is 2.50 bits per heavy atom. The van der Waals surface area contributed by atoms with Gasteiger partial charge in [0.25, 0.3) is 0 Å². The molecular formula is C23H13ClN2O2. The van der Waals surface area contributed by atoms with Crippen molar-refractivity contribution in [3.63, 3.8) is 0 Å². The lowest BCUT2D eigenvalue weighted by molar-refractivity contribution is 0.561. The van der Waals surface area contributed by atoms with Gasteiger partial charge in [0, 0.05) is 32.3 Å². The zero-order chi connectivity index (χ0) is 19.4.